The number of amides is 2. The Kier molecular flexibility index (Phi) is 6.42. The van der Waals surface area contributed by atoms with Crippen molar-refractivity contribution in [2.24, 2.45) is 0 Å². The lowest BCUT2D eigenvalue weighted by atomic mass is 9.94. The molecule has 0 aromatic heterocycles. The summed E-state index contributed by atoms with van der Waals surface area (Å²) in [4.78, 5) is 26.1. The lowest BCUT2D eigenvalue weighted by Crippen LogP contribution is -2.53. The Morgan fingerprint density at radius 1 is 1.33 bits per heavy atom. The van der Waals surface area contributed by atoms with Crippen LogP contribution in [0.3, 0.4) is 0 Å². The number of hydrogen-bond donors (Lipinski definition) is 2. The predicted octanol–water partition coefficient (Wildman–Crippen LogP) is 0.765. The standard InChI is InChI=1S/C14H26N2O5/c1-4-11(2)16(9-12(17)18)13(19)15(3)10-14(20)5-7-21-8-6-14/h11,20H,4-10H2,1-3H3,(H,17,18). The minimum Gasteiger partial charge on any atom is -0.480 e. The van der Waals surface area contributed by atoms with E-state index in [0.717, 1.165) is 0 Å². The van der Waals surface area contributed by atoms with E-state index in [9.17, 15) is 14.7 Å². The van der Waals surface area contributed by atoms with Gasteiger partial charge in [-0.1, -0.05) is 6.92 Å². The smallest absolute Gasteiger partial charge is 0.323 e. The van der Waals surface area contributed by atoms with E-state index in [1.165, 1.54) is 9.80 Å². The third-order valence-corrected chi connectivity index (χ3v) is 3.96. The summed E-state index contributed by atoms with van der Waals surface area (Å²) in [5.41, 5.74) is -0.951. The Labute approximate surface area is 125 Å². The molecule has 1 saturated heterocycles. The number of likely N-dealkylation sites (N-methyl/N-ethyl adjacent to an activating group) is 1. The average Bonchev–Trinajstić information content (AvgIpc) is 2.43. The van der Waals surface area contributed by atoms with Gasteiger partial charge >= 0.3 is 12.0 Å². The molecule has 1 atom stereocenters. The quantitative estimate of drug-likeness (QED) is 0.756. The molecule has 122 valence electrons. The van der Waals surface area contributed by atoms with Gasteiger partial charge in [0.1, 0.15) is 6.54 Å². The normalized spacial score (nSPS) is 18.9. The summed E-state index contributed by atoms with van der Waals surface area (Å²) in [5.74, 6) is -1.04. The number of ether oxygens (including phenoxy) is 1. The molecule has 2 amide bonds. The van der Waals surface area contributed by atoms with Crippen LogP contribution in [0.5, 0.6) is 0 Å². The second kappa shape index (κ2) is 7.61. The molecular formula is C14H26N2O5. The van der Waals surface area contributed by atoms with Crippen LogP contribution >= 0.6 is 0 Å². The van der Waals surface area contributed by atoms with Crippen LogP contribution in [0.25, 0.3) is 0 Å². The van der Waals surface area contributed by atoms with Crippen molar-refractivity contribution in [1.82, 2.24) is 9.80 Å². The van der Waals surface area contributed by atoms with Crippen LogP contribution in [0.2, 0.25) is 0 Å². The summed E-state index contributed by atoms with van der Waals surface area (Å²) in [5, 5.41) is 19.4. The van der Waals surface area contributed by atoms with Gasteiger partial charge in [0.05, 0.1) is 12.1 Å². The zero-order valence-electron chi connectivity index (χ0n) is 13.0. The van der Waals surface area contributed by atoms with Crippen molar-refractivity contribution in [3.8, 4) is 0 Å². The largest absolute Gasteiger partial charge is 0.480 e. The van der Waals surface area contributed by atoms with Crippen LogP contribution in [0.15, 0.2) is 0 Å². The highest BCUT2D eigenvalue weighted by Gasteiger charge is 2.34. The monoisotopic (exact) mass is 302 g/mol. The molecule has 1 heterocycles. The summed E-state index contributed by atoms with van der Waals surface area (Å²) in [6.45, 7) is 4.52. The lowest BCUT2D eigenvalue weighted by molar-refractivity contribution is -0.138. The molecule has 0 bridgehead atoms. The SMILES string of the molecule is CCC(C)N(CC(=O)O)C(=O)N(C)CC1(O)CCOCC1. The molecule has 1 aliphatic heterocycles. The molecular weight excluding hydrogens is 276 g/mol. The molecule has 7 heteroatoms. The van der Waals surface area contributed by atoms with E-state index in [1.54, 1.807) is 7.05 Å². The summed E-state index contributed by atoms with van der Waals surface area (Å²) >= 11 is 0. The molecule has 1 aliphatic rings. The predicted molar refractivity (Wildman–Crippen MR) is 77.1 cm³/mol. The summed E-state index contributed by atoms with van der Waals surface area (Å²) < 4.78 is 5.21. The maximum atomic E-state index is 12.4. The number of aliphatic hydroxyl groups is 1. The Morgan fingerprint density at radius 2 is 1.90 bits per heavy atom. The molecule has 0 spiro atoms. The Balaban J connectivity index is 2.70. The first-order chi connectivity index (χ1) is 9.79. The average molecular weight is 302 g/mol. The number of carboxylic acids is 1. The van der Waals surface area contributed by atoms with Gasteiger partial charge in [-0.3, -0.25) is 4.79 Å². The molecule has 0 radical (unpaired) electrons. The molecule has 0 aromatic carbocycles. The van der Waals surface area contributed by atoms with Gasteiger partial charge in [-0.25, -0.2) is 4.79 Å². The van der Waals surface area contributed by atoms with E-state index in [0.29, 0.717) is 32.5 Å². The minimum absolute atomic E-state index is 0.166. The van der Waals surface area contributed by atoms with E-state index in [4.69, 9.17) is 9.84 Å². The molecule has 1 rings (SSSR count). The minimum atomic E-state index is -1.04. The fourth-order valence-electron chi connectivity index (χ4n) is 2.42. The van der Waals surface area contributed by atoms with Crippen LogP contribution in [0.4, 0.5) is 4.79 Å². The third kappa shape index (κ3) is 5.17. The van der Waals surface area contributed by atoms with Gasteiger partial charge in [-0.15, -0.1) is 0 Å². The molecule has 7 nitrogen and oxygen atoms in total. The van der Waals surface area contributed by atoms with Gasteiger partial charge < -0.3 is 24.7 Å². The highest BCUT2D eigenvalue weighted by atomic mass is 16.5. The van der Waals surface area contributed by atoms with E-state index in [1.807, 2.05) is 13.8 Å². The number of carbonyl (C=O) groups is 2. The number of urea groups is 1. The van der Waals surface area contributed by atoms with Gasteiger partial charge in [-0.2, -0.15) is 0 Å². The summed E-state index contributed by atoms with van der Waals surface area (Å²) in [7, 11) is 1.59. The molecule has 1 fully saturated rings. The van der Waals surface area contributed by atoms with E-state index >= 15 is 0 Å². The Bertz CT molecular complexity index is 368. The van der Waals surface area contributed by atoms with Crippen molar-refractivity contribution >= 4 is 12.0 Å². The number of carbonyl (C=O) groups excluding carboxylic acids is 1. The third-order valence-electron chi connectivity index (χ3n) is 3.96. The van der Waals surface area contributed by atoms with Gasteiger partial charge in [-0.05, 0) is 13.3 Å². The van der Waals surface area contributed by atoms with Crippen LogP contribution < -0.4 is 0 Å². The van der Waals surface area contributed by atoms with Gasteiger partial charge in [0.2, 0.25) is 0 Å². The topological polar surface area (TPSA) is 90.3 Å². The molecule has 0 aliphatic carbocycles. The van der Waals surface area contributed by atoms with E-state index in [-0.39, 0.29) is 25.2 Å². The second-order valence-electron chi connectivity index (χ2n) is 5.75. The number of hydrogen-bond acceptors (Lipinski definition) is 4. The summed E-state index contributed by atoms with van der Waals surface area (Å²) in [6, 6.07) is -0.535. The van der Waals surface area contributed by atoms with Gasteiger partial charge in [0.15, 0.2) is 0 Å². The van der Waals surface area contributed by atoms with Crippen LogP contribution in [0, 0.1) is 0 Å². The maximum absolute atomic E-state index is 12.4. The van der Waals surface area contributed by atoms with Crippen LogP contribution in [-0.4, -0.2) is 77.0 Å². The molecule has 2 N–H and O–H groups in total. The lowest BCUT2D eigenvalue weighted by Gasteiger charge is -2.38. The maximum Gasteiger partial charge on any atom is 0.323 e. The van der Waals surface area contributed by atoms with Crippen molar-refractivity contribution in [2.45, 2.75) is 44.8 Å². The Morgan fingerprint density at radius 3 is 2.38 bits per heavy atom. The fraction of sp³-hybridized carbons (Fsp3) is 0.857. The molecule has 0 saturated carbocycles. The first-order valence-electron chi connectivity index (χ1n) is 7.32. The van der Waals surface area contributed by atoms with Crippen molar-refractivity contribution < 1.29 is 24.5 Å². The van der Waals surface area contributed by atoms with Crippen molar-refractivity contribution in [3.63, 3.8) is 0 Å². The van der Waals surface area contributed by atoms with Crippen LogP contribution in [-0.2, 0) is 9.53 Å². The van der Waals surface area contributed by atoms with E-state index in [2.05, 4.69) is 0 Å². The fourth-order valence-corrected chi connectivity index (χ4v) is 2.42. The number of rotatable bonds is 6. The second-order valence-corrected chi connectivity index (χ2v) is 5.75. The highest BCUT2D eigenvalue weighted by Crippen LogP contribution is 2.22. The first kappa shape index (κ1) is 17.7. The zero-order chi connectivity index (χ0) is 16.0. The summed E-state index contributed by atoms with van der Waals surface area (Å²) in [6.07, 6.45) is 1.63. The van der Waals surface area contributed by atoms with Crippen LogP contribution in [0.1, 0.15) is 33.1 Å². The van der Waals surface area contributed by atoms with Gasteiger partial charge in [0.25, 0.3) is 0 Å². The number of nitrogens with zero attached hydrogens (tertiary/aromatic N) is 2. The van der Waals surface area contributed by atoms with Crippen molar-refractivity contribution in [3.05, 3.63) is 0 Å². The molecule has 0 aromatic rings. The van der Waals surface area contributed by atoms with Crippen molar-refractivity contribution in [1.29, 1.82) is 0 Å². The molecule has 21 heavy (non-hydrogen) atoms. The highest BCUT2D eigenvalue weighted by molar-refractivity contribution is 5.80. The zero-order valence-corrected chi connectivity index (χ0v) is 13.0. The molecule has 1 unspecified atom stereocenters. The number of carboxylic acid groups (broad SMARTS) is 1. The first-order valence-corrected chi connectivity index (χ1v) is 7.32. The Hall–Kier alpha value is -1.34. The van der Waals surface area contributed by atoms with E-state index < -0.39 is 11.6 Å². The van der Waals surface area contributed by atoms with Crippen molar-refractivity contribution in [2.75, 3.05) is 33.4 Å². The number of aliphatic carboxylic acids is 1. The van der Waals surface area contributed by atoms with Gasteiger partial charge in [0, 0.05) is 39.1 Å².